The molecule has 0 N–H and O–H groups in total. The molecular weight excluding hydrogens is 208 g/mol. The third-order valence-electron chi connectivity index (χ3n) is 2.80. The Balaban J connectivity index is 2.73. The molecule has 1 aromatic carbocycles. The average Bonchev–Trinajstić information content (AvgIpc) is 2.26. The number of hydrogen-bond acceptors (Lipinski definition) is 1. The highest BCUT2D eigenvalue weighted by Gasteiger charge is 2.14. The summed E-state index contributed by atoms with van der Waals surface area (Å²) in [5, 5.41) is 0.563. The summed E-state index contributed by atoms with van der Waals surface area (Å²) in [4.78, 5) is 11.9. The SMILES string of the molecule is CCC(CC)CC(=O)c1ccccc1Cl. The molecule has 1 rings (SSSR count). The van der Waals surface area contributed by atoms with E-state index < -0.39 is 0 Å². The number of carbonyl (C=O) groups is 1. The van der Waals surface area contributed by atoms with Gasteiger partial charge in [-0.3, -0.25) is 4.79 Å². The van der Waals surface area contributed by atoms with Gasteiger partial charge in [-0.1, -0.05) is 50.4 Å². The Morgan fingerprint density at radius 2 is 1.87 bits per heavy atom. The van der Waals surface area contributed by atoms with E-state index in [1.165, 1.54) is 0 Å². The first-order valence-electron chi connectivity index (χ1n) is 5.46. The molecule has 1 nitrogen and oxygen atoms in total. The van der Waals surface area contributed by atoms with Crippen molar-refractivity contribution in [3.63, 3.8) is 0 Å². The highest BCUT2D eigenvalue weighted by Crippen LogP contribution is 2.21. The summed E-state index contributed by atoms with van der Waals surface area (Å²) in [5.74, 6) is 0.642. The maximum absolute atomic E-state index is 11.9. The van der Waals surface area contributed by atoms with E-state index in [4.69, 9.17) is 11.6 Å². The minimum Gasteiger partial charge on any atom is -0.294 e. The van der Waals surface area contributed by atoms with Gasteiger partial charge in [-0.25, -0.2) is 0 Å². The van der Waals surface area contributed by atoms with Crippen molar-refractivity contribution in [2.24, 2.45) is 5.92 Å². The van der Waals surface area contributed by atoms with Crippen LogP contribution in [0, 0.1) is 5.92 Å². The number of ketones is 1. The molecule has 0 saturated carbocycles. The molecule has 0 amide bonds. The molecule has 0 unspecified atom stereocenters. The summed E-state index contributed by atoms with van der Waals surface area (Å²) < 4.78 is 0. The zero-order valence-electron chi connectivity index (χ0n) is 9.29. The first-order valence-corrected chi connectivity index (χ1v) is 5.84. The first kappa shape index (κ1) is 12.3. The van der Waals surface area contributed by atoms with Gasteiger partial charge in [-0.15, -0.1) is 0 Å². The number of halogens is 1. The van der Waals surface area contributed by atoms with Crippen LogP contribution in [0.1, 0.15) is 43.5 Å². The minimum absolute atomic E-state index is 0.161. The fourth-order valence-corrected chi connectivity index (χ4v) is 1.88. The van der Waals surface area contributed by atoms with E-state index in [0.717, 1.165) is 12.8 Å². The van der Waals surface area contributed by atoms with Crippen LogP contribution in [0.2, 0.25) is 5.02 Å². The Labute approximate surface area is 96.5 Å². The summed E-state index contributed by atoms with van der Waals surface area (Å²) in [6, 6.07) is 7.26. The summed E-state index contributed by atoms with van der Waals surface area (Å²) in [6.07, 6.45) is 2.70. The van der Waals surface area contributed by atoms with Gasteiger partial charge in [0.15, 0.2) is 5.78 Å². The fraction of sp³-hybridized carbons (Fsp3) is 0.462. The molecule has 0 aromatic heterocycles. The third-order valence-corrected chi connectivity index (χ3v) is 3.13. The molecule has 0 spiro atoms. The van der Waals surface area contributed by atoms with E-state index in [9.17, 15) is 4.79 Å². The van der Waals surface area contributed by atoms with E-state index in [0.29, 0.717) is 22.9 Å². The van der Waals surface area contributed by atoms with E-state index in [1.807, 2.05) is 12.1 Å². The molecule has 0 aliphatic carbocycles. The normalized spacial score (nSPS) is 10.7. The number of rotatable bonds is 5. The molecule has 82 valence electrons. The van der Waals surface area contributed by atoms with Crippen LogP contribution in [-0.2, 0) is 0 Å². The van der Waals surface area contributed by atoms with Crippen molar-refractivity contribution >= 4 is 17.4 Å². The van der Waals surface area contributed by atoms with Crippen molar-refractivity contribution in [2.75, 3.05) is 0 Å². The topological polar surface area (TPSA) is 17.1 Å². The lowest BCUT2D eigenvalue weighted by molar-refractivity contribution is 0.0959. The van der Waals surface area contributed by atoms with Crippen LogP contribution in [0.25, 0.3) is 0 Å². The summed E-state index contributed by atoms with van der Waals surface area (Å²) in [5.41, 5.74) is 0.658. The number of benzene rings is 1. The first-order chi connectivity index (χ1) is 7.19. The Hall–Kier alpha value is -0.820. The van der Waals surface area contributed by atoms with Crippen LogP contribution in [0.3, 0.4) is 0 Å². The van der Waals surface area contributed by atoms with Crippen LogP contribution in [0.5, 0.6) is 0 Å². The quantitative estimate of drug-likeness (QED) is 0.680. The van der Waals surface area contributed by atoms with Crippen molar-refractivity contribution in [2.45, 2.75) is 33.1 Å². The van der Waals surface area contributed by atoms with E-state index in [-0.39, 0.29) is 5.78 Å². The molecule has 0 radical (unpaired) electrons. The highest BCUT2D eigenvalue weighted by atomic mass is 35.5. The monoisotopic (exact) mass is 224 g/mol. The Kier molecular flexibility index (Phi) is 4.83. The lowest BCUT2D eigenvalue weighted by Gasteiger charge is -2.11. The standard InChI is InChI=1S/C13H17ClO/c1-3-10(4-2)9-13(15)11-7-5-6-8-12(11)14/h5-8,10H,3-4,9H2,1-2H3. The van der Waals surface area contributed by atoms with Crippen molar-refractivity contribution in [3.8, 4) is 0 Å². The molecule has 0 bridgehead atoms. The second kappa shape index (κ2) is 5.92. The lowest BCUT2D eigenvalue weighted by Crippen LogP contribution is -2.07. The molecule has 0 aliphatic rings. The molecule has 1 aromatic rings. The van der Waals surface area contributed by atoms with Crippen LogP contribution in [0.4, 0.5) is 0 Å². The summed E-state index contributed by atoms with van der Waals surface area (Å²) in [7, 11) is 0. The Bertz CT molecular complexity index is 329. The van der Waals surface area contributed by atoms with E-state index in [1.54, 1.807) is 12.1 Å². The van der Waals surface area contributed by atoms with Crippen LogP contribution < -0.4 is 0 Å². The van der Waals surface area contributed by atoms with Gasteiger partial charge >= 0.3 is 0 Å². The van der Waals surface area contributed by atoms with Gasteiger partial charge in [-0.05, 0) is 18.1 Å². The smallest absolute Gasteiger partial charge is 0.164 e. The van der Waals surface area contributed by atoms with Gasteiger partial charge in [0.1, 0.15) is 0 Å². The van der Waals surface area contributed by atoms with Crippen LogP contribution >= 0.6 is 11.6 Å². The van der Waals surface area contributed by atoms with Crippen LogP contribution in [0.15, 0.2) is 24.3 Å². The minimum atomic E-state index is 0.161. The van der Waals surface area contributed by atoms with Crippen molar-refractivity contribution in [3.05, 3.63) is 34.9 Å². The Morgan fingerprint density at radius 1 is 1.27 bits per heavy atom. The third kappa shape index (κ3) is 3.35. The molecule has 0 saturated heterocycles. The number of hydrogen-bond donors (Lipinski definition) is 0. The van der Waals surface area contributed by atoms with Crippen LogP contribution in [-0.4, -0.2) is 5.78 Å². The highest BCUT2D eigenvalue weighted by molar-refractivity contribution is 6.33. The predicted molar refractivity (Wildman–Crippen MR) is 64.5 cm³/mol. The summed E-state index contributed by atoms with van der Waals surface area (Å²) >= 11 is 5.97. The second-order valence-corrected chi connectivity index (χ2v) is 4.20. The molecule has 0 fully saturated rings. The van der Waals surface area contributed by atoms with E-state index >= 15 is 0 Å². The largest absolute Gasteiger partial charge is 0.294 e. The molecule has 2 heteroatoms. The van der Waals surface area contributed by atoms with Crippen molar-refractivity contribution in [1.82, 2.24) is 0 Å². The molecule has 15 heavy (non-hydrogen) atoms. The maximum atomic E-state index is 11.9. The molecular formula is C13H17ClO. The summed E-state index contributed by atoms with van der Waals surface area (Å²) in [6.45, 7) is 4.24. The molecule has 0 atom stereocenters. The second-order valence-electron chi connectivity index (χ2n) is 3.79. The molecule has 0 heterocycles. The van der Waals surface area contributed by atoms with Gasteiger partial charge in [-0.2, -0.15) is 0 Å². The van der Waals surface area contributed by atoms with Gasteiger partial charge < -0.3 is 0 Å². The van der Waals surface area contributed by atoms with E-state index in [2.05, 4.69) is 13.8 Å². The average molecular weight is 225 g/mol. The zero-order chi connectivity index (χ0) is 11.3. The number of carbonyl (C=O) groups excluding carboxylic acids is 1. The van der Waals surface area contributed by atoms with Gasteiger partial charge in [0, 0.05) is 12.0 Å². The number of Topliss-reactive ketones (excluding diaryl/α,β-unsaturated/α-hetero) is 1. The lowest BCUT2D eigenvalue weighted by atomic mass is 9.94. The van der Waals surface area contributed by atoms with Gasteiger partial charge in [0.2, 0.25) is 0 Å². The molecule has 0 aliphatic heterocycles. The predicted octanol–water partition coefficient (Wildman–Crippen LogP) is 4.35. The van der Waals surface area contributed by atoms with Crippen molar-refractivity contribution < 1.29 is 4.79 Å². The van der Waals surface area contributed by atoms with Crippen molar-refractivity contribution in [1.29, 1.82) is 0 Å². The zero-order valence-corrected chi connectivity index (χ0v) is 10.1. The van der Waals surface area contributed by atoms with Gasteiger partial charge in [0.25, 0.3) is 0 Å². The fourth-order valence-electron chi connectivity index (χ4n) is 1.64. The maximum Gasteiger partial charge on any atom is 0.164 e. The van der Waals surface area contributed by atoms with Gasteiger partial charge in [0.05, 0.1) is 5.02 Å². The Morgan fingerprint density at radius 3 is 2.40 bits per heavy atom.